The minimum Gasteiger partial charge on any atom is -0.493 e. The number of carbonyl (C=O) groups is 1. The molecule has 1 amide bonds. The number of halogens is 2. The van der Waals surface area contributed by atoms with Gasteiger partial charge in [-0.15, -0.1) is 0 Å². The molecule has 2 aromatic rings. The van der Waals surface area contributed by atoms with Crippen molar-refractivity contribution in [3.63, 3.8) is 0 Å². The fourth-order valence-electron chi connectivity index (χ4n) is 2.33. The van der Waals surface area contributed by atoms with Crippen LogP contribution in [-0.2, 0) is 14.8 Å². The Morgan fingerprint density at radius 3 is 2.41 bits per heavy atom. The Morgan fingerprint density at radius 2 is 1.83 bits per heavy atom. The Balaban J connectivity index is 2.16. The number of ether oxygens (including phenoxy) is 2. The zero-order chi connectivity index (χ0) is 21.6. The zero-order valence-corrected chi connectivity index (χ0v) is 18.2. The Morgan fingerprint density at radius 1 is 1.14 bits per heavy atom. The van der Waals surface area contributed by atoms with E-state index in [-0.39, 0.29) is 5.69 Å². The van der Waals surface area contributed by atoms with Crippen molar-refractivity contribution < 1.29 is 22.7 Å². The molecule has 0 atom stereocenters. The Labute approximate surface area is 179 Å². The van der Waals surface area contributed by atoms with Gasteiger partial charge in [-0.2, -0.15) is 5.10 Å². The second kappa shape index (κ2) is 9.82. The summed E-state index contributed by atoms with van der Waals surface area (Å²) in [5.41, 5.74) is 3.05. The van der Waals surface area contributed by atoms with E-state index in [1.54, 1.807) is 18.2 Å². The molecule has 0 fully saturated rings. The van der Waals surface area contributed by atoms with Gasteiger partial charge in [0.05, 0.1) is 37.4 Å². The smallest absolute Gasteiger partial charge is 0.260 e. The molecule has 8 nitrogen and oxygen atoms in total. The van der Waals surface area contributed by atoms with Gasteiger partial charge in [-0.25, -0.2) is 13.8 Å². The van der Waals surface area contributed by atoms with Crippen LogP contribution in [0.1, 0.15) is 5.56 Å². The lowest BCUT2D eigenvalue weighted by atomic mass is 10.2. The van der Waals surface area contributed by atoms with Crippen molar-refractivity contribution in [2.45, 2.75) is 0 Å². The molecule has 0 heterocycles. The number of amides is 1. The number of methoxy groups -OCH3 is 2. The lowest BCUT2D eigenvalue weighted by Gasteiger charge is -2.22. The van der Waals surface area contributed by atoms with Gasteiger partial charge < -0.3 is 9.47 Å². The van der Waals surface area contributed by atoms with Gasteiger partial charge in [0.1, 0.15) is 6.54 Å². The van der Waals surface area contributed by atoms with E-state index in [0.29, 0.717) is 27.1 Å². The molecule has 29 heavy (non-hydrogen) atoms. The van der Waals surface area contributed by atoms with E-state index >= 15 is 0 Å². The van der Waals surface area contributed by atoms with Crippen LogP contribution in [0.5, 0.6) is 11.5 Å². The minimum absolute atomic E-state index is 0.241. The summed E-state index contributed by atoms with van der Waals surface area (Å²) in [7, 11) is -0.869. The number of hydrogen-bond donors (Lipinski definition) is 1. The first-order valence-electron chi connectivity index (χ1n) is 8.12. The first-order valence-corrected chi connectivity index (χ1v) is 10.7. The van der Waals surface area contributed by atoms with Gasteiger partial charge in [0, 0.05) is 16.7 Å². The summed E-state index contributed by atoms with van der Waals surface area (Å²) in [6.07, 6.45) is 2.32. The van der Waals surface area contributed by atoms with Crippen molar-refractivity contribution in [2.75, 3.05) is 31.3 Å². The average molecular weight is 460 g/mol. The standard InChI is InChI=1S/C18H19Cl2N3O5S/c1-27-16-7-6-14(9-17(16)28-2)23(29(3,25)26)11-18(24)22-21-10-12-4-5-13(19)8-15(12)20/h4-10H,11H2,1-3H3,(H,22,24)/b21-10-. The fraction of sp³-hybridized carbons (Fsp3) is 0.222. The number of nitrogens with one attached hydrogen (secondary N) is 1. The largest absolute Gasteiger partial charge is 0.493 e. The van der Waals surface area contributed by atoms with E-state index in [4.69, 9.17) is 32.7 Å². The maximum Gasteiger partial charge on any atom is 0.260 e. The van der Waals surface area contributed by atoms with Crippen LogP contribution in [0.4, 0.5) is 5.69 Å². The number of hydrogen-bond acceptors (Lipinski definition) is 6. The Bertz CT molecular complexity index is 1030. The summed E-state index contributed by atoms with van der Waals surface area (Å²) in [5, 5.41) is 4.63. The molecule has 1 N–H and O–H groups in total. The predicted molar refractivity (Wildman–Crippen MR) is 114 cm³/mol. The van der Waals surface area contributed by atoms with Crippen molar-refractivity contribution in [3.8, 4) is 11.5 Å². The van der Waals surface area contributed by atoms with Gasteiger partial charge in [-0.3, -0.25) is 9.10 Å². The van der Waals surface area contributed by atoms with E-state index < -0.39 is 22.5 Å². The summed E-state index contributed by atoms with van der Waals surface area (Å²) < 4.78 is 35.6. The average Bonchev–Trinajstić information content (AvgIpc) is 2.66. The molecule has 0 aromatic heterocycles. The molecule has 2 aromatic carbocycles. The topological polar surface area (TPSA) is 97.3 Å². The van der Waals surface area contributed by atoms with Gasteiger partial charge in [0.15, 0.2) is 11.5 Å². The lowest BCUT2D eigenvalue weighted by Crippen LogP contribution is -2.39. The molecule has 0 aliphatic carbocycles. The Kier molecular flexibility index (Phi) is 7.72. The lowest BCUT2D eigenvalue weighted by molar-refractivity contribution is -0.119. The third-order valence-corrected chi connectivity index (χ3v) is 5.40. The summed E-state index contributed by atoms with van der Waals surface area (Å²) in [6, 6.07) is 9.31. The molecule has 0 unspecified atom stereocenters. The summed E-state index contributed by atoms with van der Waals surface area (Å²) in [5.74, 6) is 0.111. The second-order valence-electron chi connectivity index (χ2n) is 5.77. The van der Waals surface area contributed by atoms with Crippen molar-refractivity contribution in [2.24, 2.45) is 5.10 Å². The normalized spacial score (nSPS) is 11.3. The van der Waals surface area contributed by atoms with Crippen molar-refractivity contribution in [3.05, 3.63) is 52.0 Å². The maximum atomic E-state index is 12.2. The molecule has 0 aliphatic rings. The van der Waals surface area contributed by atoms with Crippen LogP contribution in [0.25, 0.3) is 0 Å². The van der Waals surface area contributed by atoms with Crippen LogP contribution in [0, 0.1) is 0 Å². The third kappa shape index (κ3) is 6.25. The zero-order valence-electron chi connectivity index (χ0n) is 15.8. The number of hydrazone groups is 1. The van der Waals surface area contributed by atoms with E-state index in [0.717, 1.165) is 10.6 Å². The Hall–Kier alpha value is -2.49. The van der Waals surface area contributed by atoms with Gasteiger partial charge in [0.2, 0.25) is 10.0 Å². The van der Waals surface area contributed by atoms with E-state index in [1.165, 1.54) is 38.6 Å². The number of benzene rings is 2. The number of sulfonamides is 1. The van der Waals surface area contributed by atoms with Crippen molar-refractivity contribution in [1.29, 1.82) is 0 Å². The number of rotatable bonds is 8. The summed E-state index contributed by atoms with van der Waals surface area (Å²) in [6.45, 7) is -0.486. The van der Waals surface area contributed by atoms with Crippen LogP contribution >= 0.6 is 23.2 Å². The van der Waals surface area contributed by atoms with Crippen LogP contribution in [0.2, 0.25) is 10.0 Å². The molecule has 0 saturated carbocycles. The number of anilines is 1. The van der Waals surface area contributed by atoms with Gasteiger partial charge >= 0.3 is 0 Å². The predicted octanol–water partition coefficient (Wildman–Crippen LogP) is 2.93. The van der Waals surface area contributed by atoms with Crippen molar-refractivity contribution >= 4 is 51.0 Å². The highest BCUT2D eigenvalue weighted by Gasteiger charge is 2.22. The van der Waals surface area contributed by atoms with E-state index in [1.807, 2.05) is 0 Å². The monoisotopic (exact) mass is 459 g/mol. The molecule has 11 heteroatoms. The van der Waals surface area contributed by atoms with Crippen LogP contribution in [0.3, 0.4) is 0 Å². The minimum atomic E-state index is -3.76. The highest BCUT2D eigenvalue weighted by atomic mass is 35.5. The molecule has 0 bridgehead atoms. The summed E-state index contributed by atoms with van der Waals surface area (Å²) >= 11 is 11.8. The molecule has 2 rings (SSSR count). The molecule has 0 radical (unpaired) electrons. The maximum absolute atomic E-state index is 12.2. The van der Waals surface area contributed by atoms with Gasteiger partial charge in [-0.05, 0) is 24.3 Å². The SMILES string of the molecule is COc1ccc(N(CC(=O)N/N=C\c2ccc(Cl)cc2Cl)S(C)(=O)=O)cc1OC. The van der Waals surface area contributed by atoms with E-state index in [9.17, 15) is 13.2 Å². The van der Waals surface area contributed by atoms with Gasteiger partial charge in [-0.1, -0.05) is 29.3 Å². The molecular formula is C18H19Cl2N3O5S. The summed E-state index contributed by atoms with van der Waals surface area (Å²) in [4.78, 5) is 12.2. The molecule has 156 valence electrons. The molecular weight excluding hydrogens is 441 g/mol. The molecule has 0 spiro atoms. The van der Waals surface area contributed by atoms with E-state index in [2.05, 4.69) is 10.5 Å². The highest BCUT2D eigenvalue weighted by molar-refractivity contribution is 7.92. The first-order chi connectivity index (χ1) is 13.7. The van der Waals surface area contributed by atoms with Crippen LogP contribution in [-0.4, -0.2) is 47.6 Å². The van der Waals surface area contributed by atoms with Crippen LogP contribution in [0.15, 0.2) is 41.5 Å². The molecule has 0 saturated heterocycles. The quantitative estimate of drug-likeness (QED) is 0.483. The fourth-order valence-corrected chi connectivity index (χ4v) is 3.63. The number of nitrogens with zero attached hydrogens (tertiary/aromatic N) is 2. The first kappa shape index (κ1) is 22.8. The van der Waals surface area contributed by atoms with Crippen LogP contribution < -0.4 is 19.2 Å². The molecule has 0 aliphatic heterocycles. The van der Waals surface area contributed by atoms with Crippen molar-refractivity contribution in [1.82, 2.24) is 5.43 Å². The highest BCUT2D eigenvalue weighted by Crippen LogP contribution is 2.32. The third-order valence-electron chi connectivity index (χ3n) is 3.70. The second-order valence-corrected chi connectivity index (χ2v) is 8.52. The van der Waals surface area contributed by atoms with Gasteiger partial charge in [0.25, 0.3) is 5.91 Å². The number of carbonyl (C=O) groups excluding carboxylic acids is 1.